The zero-order valence-corrected chi connectivity index (χ0v) is 10.4. The SMILES string of the molecule is O=C(OCc1ccccc1)C1CC2CCC(C1)O2. The fourth-order valence-electron chi connectivity index (χ4n) is 2.90. The van der Waals surface area contributed by atoms with Crippen LogP contribution in [0.2, 0.25) is 0 Å². The number of esters is 1. The van der Waals surface area contributed by atoms with Gasteiger partial charge in [0.1, 0.15) is 6.61 Å². The van der Waals surface area contributed by atoms with Gasteiger partial charge in [0.15, 0.2) is 0 Å². The monoisotopic (exact) mass is 246 g/mol. The lowest BCUT2D eigenvalue weighted by molar-refractivity contribution is -0.155. The molecule has 18 heavy (non-hydrogen) atoms. The fourth-order valence-corrected chi connectivity index (χ4v) is 2.90. The minimum absolute atomic E-state index is 0.0416. The molecule has 1 aromatic carbocycles. The van der Waals surface area contributed by atoms with Crippen LogP contribution in [0.4, 0.5) is 0 Å². The Morgan fingerprint density at radius 3 is 2.50 bits per heavy atom. The molecule has 2 unspecified atom stereocenters. The molecule has 2 heterocycles. The minimum Gasteiger partial charge on any atom is -0.461 e. The van der Waals surface area contributed by atoms with E-state index in [2.05, 4.69) is 0 Å². The Kier molecular flexibility index (Phi) is 3.33. The van der Waals surface area contributed by atoms with Gasteiger partial charge in [-0.25, -0.2) is 0 Å². The van der Waals surface area contributed by atoms with Gasteiger partial charge in [-0.2, -0.15) is 0 Å². The summed E-state index contributed by atoms with van der Waals surface area (Å²) in [5, 5.41) is 0. The molecule has 2 saturated heterocycles. The molecular weight excluding hydrogens is 228 g/mol. The Morgan fingerprint density at radius 1 is 1.17 bits per heavy atom. The van der Waals surface area contributed by atoms with Crippen molar-refractivity contribution in [2.75, 3.05) is 0 Å². The molecule has 96 valence electrons. The first-order valence-electron chi connectivity index (χ1n) is 6.67. The third-order valence-electron chi connectivity index (χ3n) is 3.85. The molecule has 2 atom stereocenters. The molecule has 1 aromatic rings. The average molecular weight is 246 g/mol. The van der Waals surface area contributed by atoms with Gasteiger partial charge in [0, 0.05) is 0 Å². The Labute approximate surface area is 107 Å². The first-order chi connectivity index (χ1) is 8.81. The van der Waals surface area contributed by atoms with Crippen LogP contribution in [0, 0.1) is 5.92 Å². The zero-order valence-electron chi connectivity index (χ0n) is 10.4. The molecule has 0 amide bonds. The second-order valence-electron chi connectivity index (χ2n) is 5.22. The zero-order chi connectivity index (χ0) is 12.4. The van der Waals surface area contributed by atoms with Gasteiger partial charge in [0.2, 0.25) is 0 Å². The van der Waals surface area contributed by atoms with Crippen molar-refractivity contribution in [3.8, 4) is 0 Å². The lowest BCUT2D eigenvalue weighted by Gasteiger charge is -2.26. The van der Waals surface area contributed by atoms with E-state index in [1.54, 1.807) is 0 Å². The number of rotatable bonds is 3. The summed E-state index contributed by atoms with van der Waals surface area (Å²) in [6, 6.07) is 9.82. The van der Waals surface area contributed by atoms with Crippen molar-refractivity contribution in [1.29, 1.82) is 0 Å². The predicted octanol–water partition coefficient (Wildman–Crippen LogP) is 2.69. The molecule has 2 bridgehead atoms. The van der Waals surface area contributed by atoms with E-state index < -0.39 is 0 Å². The van der Waals surface area contributed by atoms with E-state index in [1.165, 1.54) is 0 Å². The maximum Gasteiger partial charge on any atom is 0.309 e. The lowest BCUT2D eigenvalue weighted by atomic mass is 9.96. The third kappa shape index (κ3) is 2.56. The van der Waals surface area contributed by atoms with Crippen molar-refractivity contribution in [3.05, 3.63) is 35.9 Å². The number of ether oxygens (including phenoxy) is 2. The van der Waals surface area contributed by atoms with Gasteiger partial charge in [-0.15, -0.1) is 0 Å². The van der Waals surface area contributed by atoms with E-state index in [9.17, 15) is 4.79 Å². The molecule has 3 heteroatoms. The maximum atomic E-state index is 12.0. The van der Waals surface area contributed by atoms with Crippen molar-refractivity contribution in [2.45, 2.75) is 44.5 Å². The highest BCUT2D eigenvalue weighted by Crippen LogP contribution is 2.36. The summed E-state index contributed by atoms with van der Waals surface area (Å²) in [6.07, 6.45) is 4.46. The minimum atomic E-state index is -0.0564. The summed E-state index contributed by atoms with van der Waals surface area (Å²) in [5.41, 5.74) is 1.04. The predicted molar refractivity (Wildman–Crippen MR) is 66.9 cm³/mol. The Bertz CT molecular complexity index is 403. The van der Waals surface area contributed by atoms with Crippen LogP contribution in [0.25, 0.3) is 0 Å². The molecule has 0 aromatic heterocycles. The van der Waals surface area contributed by atoms with Crippen LogP contribution in [0.5, 0.6) is 0 Å². The molecule has 0 saturated carbocycles. The van der Waals surface area contributed by atoms with Crippen LogP contribution >= 0.6 is 0 Å². The number of fused-ring (bicyclic) bond motifs is 2. The highest BCUT2D eigenvalue weighted by atomic mass is 16.5. The summed E-state index contributed by atoms with van der Waals surface area (Å²) in [6.45, 7) is 0.381. The third-order valence-corrected chi connectivity index (χ3v) is 3.85. The Hall–Kier alpha value is -1.35. The van der Waals surface area contributed by atoms with Crippen molar-refractivity contribution in [2.24, 2.45) is 5.92 Å². The summed E-state index contributed by atoms with van der Waals surface area (Å²) < 4.78 is 11.1. The number of carbonyl (C=O) groups excluding carboxylic acids is 1. The van der Waals surface area contributed by atoms with Crippen molar-refractivity contribution in [3.63, 3.8) is 0 Å². The van der Waals surface area contributed by atoms with Crippen molar-refractivity contribution < 1.29 is 14.3 Å². The summed E-state index contributed by atoms with van der Waals surface area (Å²) in [7, 11) is 0. The molecule has 2 aliphatic heterocycles. The molecule has 2 aliphatic rings. The normalized spacial score (nSPS) is 30.1. The average Bonchev–Trinajstić information content (AvgIpc) is 2.76. The molecule has 2 fully saturated rings. The summed E-state index contributed by atoms with van der Waals surface area (Å²) >= 11 is 0. The topological polar surface area (TPSA) is 35.5 Å². The van der Waals surface area contributed by atoms with E-state index in [0.29, 0.717) is 6.61 Å². The van der Waals surface area contributed by atoms with E-state index in [0.717, 1.165) is 31.2 Å². The molecule has 3 nitrogen and oxygen atoms in total. The van der Waals surface area contributed by atoms with Crippen LogP contribution in [0.15, 0.2) is 30.3 Å². The van der Waals surface area contributed by atoms with Crippen LogP contribution in [-0.4, -0.2) is 18.2 Å². The Balaban J connectivity index is 1.53. The molecular formula is C15H18O3. The lowest BCUT2D eigenvalue weighted by Crippen LogP contribution is -2.31. The van der Waals surface area contributed by atoms with E-state index in [4.69, 9.17) is 9.47 Å². The smallest absolute Gasteiger partial charge is 0.309 e. The van der Waals surface area contributed by atoms with Crippen molar-refractivity contribution in [1.82, 2.24) is 0 Å². The molecule has 3 rings (SSSR count). The second-order valence-corrected chi connectivity index (χ2v) is 5.22. The van der Waals surface area contributed by atoms with Gasteiger partial charge in [0.05, 0.1) is 18.1 Å². The van der Waals surface area contributed by atoms with E-state index in [-0.39, 0.29) is 24.1 Å². The number of benzene rings is 1. The maximum absolute atomic E-state index is 12.0. The molecule has 0 aliphatic carbocycles. The number of hydrogen-bond acceptors (Lipinski definition) is 3. The van der Waals surface area contributed by atoms with Crippen molar-refractivity contribution >= 4 is 5.97 Å². The molecule has 0 radical (unpaired) electrons. The molecule has 0 N–H and O–H groups in total. The van der Waals surface area contributed by atoms with Gasteiger partial charge >= 0.3 is 5.97 Å². The summed E-state index contributed by atoms with van der Waals surface area (Å²) in [4.78, 5) is 12.0. The van der Waals surface area contributed by atoms with Crippen LogP contribution in [0.1, 0.15) is 31.2 Å². The second kappa shape index (κ2) is 5.11. The van der Waals surface area contributed by atoms with Gasteiger partial charge in [-0.05, 0) is 31.2 Å². The van der Waals surface area contributed by atoms with Gasteiger partial charge in [-0.3, -0.25) is 4.79 Å². The quantitative estimate of drug-likeness (QED) is 0.769. The standard InChI is InChI=1S/C15H18O3/c16-15(17-10-11-4-2-1-3-5-11)12-8-13-6-7-14(9-12)18-13/h1-5,12-14H,6-10H2. The first kappa shape index (κ1) is 11.7. The van der Waals surface area contributed by atoms with Gasteiger partial charge < -0.3 is 9.47 Å². The Morgan fingerprint density at radius 2 is 1.83 bits per heavy atom. The van der Waals surface area contributed by atoms with E-state index in [1.807, 2.05) is 30.3 Å². The number of hydrogen-bond donors (Lipinski definition) is 0. The number of carbonyl (C=O) groups is 1. The largest absolute Gasteiger partial charge is 0.461 e. The molecule has 0 spiro atoms. The van der Waals surface area contributed by atoms with Gasteiger partial charge in [-0.1, -0.05) is 30.3 Å². The first-order valence-corrected chi connectivity index (χ1v) is 6.67. The van der Waals surface area contributed by atoms with Crippen LogP contribution in [-0.2, 0) is 20.9 Å². The van der Waals surface area contributed by atoms with Gasteiger partial charge in [0.25, 0.3) is 0 Å². The highest BCUT2D eigenvalue weighted by Gasteiger charge is 2.38. The van der Waals surface area contributed by atoms with Crippen LogP contribution in [0.3, 0.4) is 0 Å². The highest BCUT2D eigenvalue weighted by molar-refractivity contribution is 5.72. The fraction of sp³-hybridized carbons (Fsp3) is 0.533. The van der Waals surface area contributed by atoms with E-state index >= 15 is 0 Å². The summed E-state index contributed by atoms with van der Waals surface area (Å²) in [5.74, 6) is -0.0148. The van der Waals surface area contributed by atoms with Crippen LogP contribution < -0.4 is 0 Å².